The summed E-state index contributed by atoms with van der Waals surface area (Å²) in [5.74, 6) is 0.524. The zero-order chi connectivity index (χ0) is 12.3. The van der Waals surface area contributed by atoms with Crippen LogP contribution in [0.1, 0.15) is 41.5 Å². The van der Waals surface area contributed by atoms with Crippen molar-refractivity contribution in [2.75, 3.05) is 0 Å². The Morgan fingerprint density at radius 3 is 1.35 bits per heavy atom. The second kappa shape index (κ2) is 5.18. The normalized spacial score (nSPS) is 10.8. The van der Waals surface area contributed by atoms with Crippen molar-refractivity contribution < 1.29 is 0 Å². The van der Waals surface area contributed by atoms with E-state index in [0.29, 0.717) is 5.92 Å². The van der Waals surface area contributed by atoms with Crippen LogP contribution in [0.25, 0.3) is 0 Å². The smallest absolute Gasteiger partial charge is 0.00867 e. The van der Waals surface area contributed by atoms with Crippen LogP contribution in [0.2, 0.25) is 0 Å². The van der Waals surface area contributed by atoms with Crippen LogP contribution in [0.4, 0.5) is 0 Å². The summed E-state index contributed by atoms with van der Waals surface area (Å²) in [6, 6.07) is 17.8. The van der Waals surface area contributed by atoms with Gasteiger partial charge in [-0.05, 0) is 31.4 Å². The topological polar surface area (TPSA) is 0 Å². The molecule has 0 nitrogen and oxygen atoms in total. The fourth-order valence-electron chi connectivity index (χ4n) is 2.26. The lowest BCUT2D eigenvalue weighted by Crippen LogP contribution is -1.99. The van der Waals surface area contributed by atoms with Crippen LogP contribution in [0.3, 0.4) is 0 Å². The summed E-state index contributed by atoms with van der Waals surface area (Å²) >= 11 is 0. The van der Waals surface area contributed by atoms with E-state index < -0.39 is 0 Å². The molecule has 0 heteroatoms. The van der Waals surface area contributed by atoms with E-state index in [0.717, 1.165) is 6.42 Å². The van der Waals surface area contributed by atoms with E-state index in [1.54, 1.807) is 0 Å². The quantitative estimate of drug-likeness (QED) is 0.699. The molecule has 0 saturated carbocycles. The summed E-state index contributed by atoms with van der Waals surface area (Å²) in [6.45, 7) is 6.53. The van der Waals surface area contributed by atoms with Gasteiger partial charge in [0, 0.05) is 5.92 Å². The van der Waals surface area contributed by atoms with E-state index in [-0.39, 0.29) is 0 Å². The summed E-state index contributed by atoms with van der Waals surface area (Å²) in [5.41, 5.74) is 5.49. The van der Waals surface area contributed by atoms with Crippen LogP contribution in [0.5, 0.6) is 0 Å². The molecule has 0 aliphatic heterocycles. The van der Waals surface area contributed by atoms with E-state index in [2.05, 4.69) is 69.3 Å². The molecule has 0 N–H and O–H groups in total. The molecule has 2 rings (SSSR count). The molecular formula is C17H20. The zero-order valence-corrected chi connectivity index (χ0v) is 10.9. The van der Waals surface area contributed by atoms with Gasteiger partial charge in [-0.1, -0.05) is 66.6 Å². The Hall–Kier alpha value is -1.56. The SMILES string of the molecule is CCC(c1ccc(C)cc1)c1ccc(C)cc1. The Labute approximate surface area is 104 Å². The molecule has 0 amide bonds. The van der Waals surface area contributed by atoms with E-state index in [1.165, 1.54) is 22.3 Å². The monoisotopic (exact) mass is 224 g/mol. The van der Waals surface area contributed by atoms with Gasteiger partial charge < -0.3 is 0 Å². The average Bonchev–Trinajstić information content (AvgIpc) is 2.35. The maximum atomic E-state index is 2.25. The van der Waals surface area contributed by atoms with Crippen molar-refractivity contribution in [3.05, 3.63) is 70.8 Å². The lowest BCUT2D eigenvalue weighted by Gasteiger charge is -2.16. The van der Waals surface area contributed by atoms with Crippen LogP contribution < -0.4 is 0 Å². The molecule has 2 aromatic rings. The first-order valence-electron chi connectivity index (χ1n) is 6.34. The number of benzene rings is 2. The summed E-state index contributed by atoms with van der Waals surface area (Å²) in [7, 11) is 0. The number of rotatable bonds is 3. The largest absolute Gasteiger partial charge is 0.0645 e. The molecule has 0 radical (unpaired) electrons. The van der Waals surface area contributed by atoms with Crippen molar-refractivity contribution in [1.82, 2.24) is 0 Å². The Morgan fingerprint density at radius 2 is 1.06 bits per heavy atom. The van der Waals surface area contributed by atoms with Crippen molar-refractivity contribution in [3.63, 3.8) is 0 Å². The van der Waals surface area contributed by atoms with E-state index in [4.69, 9.17) is 0 Å². The first-order valence-corrected chi connectivity index (χ1v) is 6.34. The van der Waals surface area contributed by atoms with Gasteiger partial charge in [-0.3, -0.25) is 0 Å². The molecule has 0 atom stereocenters. The third kappa shape index (κ3) is 2.76. The maximum absolute atomic E-state index is 2.25. The second-order valence-corrected chi connectivity index (χ2v) is 4.78. The average molecular weight is 224 g/mol. The van der Waals surface area contributed by atoms with Gasteiger partial charge >= 0.3 is 0 Å². The van der Waals surface area contributed by atoms with Crippen LogP contribution >= 0.6 is 0 Å². The Morgan fingerprint density at radius 1 is 0.706 bits per heavy atom. The molecular weight excluding hydrogens is 204 g/mol. The van der Waals surface area contributed by atoms with Gasteiger partial charge in [-0.15, -0.1) is 0 Å². The predicted molar refractivity (Wildman–Crippen MR) is 74.5 cm³/mol. The zero-order valence-electron chi connectivity index (χ0n) is 10.9. The first-order chi connectivity index (χ1) is 8.20. The maximum Gasteiger partial charge on any atom is 0.00867 e. The summed E-state index contributed by atoms with van der Waals surface area (Å²) < 4.78 is 0. The Kier molecular flexibility index (Phi) is 3.63. The van der Waals surface area contributed by atoms with Crippen LogP contribution in [0.15, 0.2) is 48.5 Å². The summed E-state index contributed by atoms with van der Waals surface area (Å²) in [6.07, 6.45) is 1.14. The summed E-state index contributed by atoms with van der Waals surface area (Å²) in [5, 5.41) is 0. The van der Waals surface area contributed by atoms with Gasteiger partial charge in [0.15, 0.2) is 0 Å². The minimum atomic E-state index is 0.524. The van der Waals surface area contributed by atoms with Crippen LogP contribution in [0, 0.1) is 13.8 Å². The highest BCUT2D eigenvalue weighted by atomic mass is 14.1. The minimum absolute atomic E-state index is 0.524. The van der Waals surface area contributed by atoms with Crippen LogP contribution in [-0.4, -0.2) is 0 Å². The van der Waals surface area contributed by atoms with Gasteiger partial charge in [0.2, 0.25) is 0 Å². The lowest BCUT2D eigenvalue weighted by atomic mass is 9.88. The molecule has 88 valence electrons. The number of hydrogen-bond acceptors (Lipinski definition) is 0. The predicted octanol–water partition coefficient (Wildman–Crippen LogP) is 4.85. The molecule has 0 saturated heterocycles. The Balaban J connectivity index is 2.33. The third-order valence-corrected chi connectivity index (χ3v) is 3.37. The molecule has 0 bridgehead atoms. The second-order valence-electron chi connectivity index (χ2n) is 4.78. The van der Waals surface area contributed by atoms with Gasteiger partial charge in [0.05, 0.1) is 0 Å². The van der Waals surface area contributed by atoms with Gasteiger partial charge in [0.25, 0.3) is 0 Å². The van der Waals surface area contributed by atoms with E-state index in [1.807, 2.05) is 0 Å². The molecule has 0 aliphatic rings. The van der Waals surface area contributed by atoms with Gasteiger partial charge in [0.1, 0.15) is 0 Å². The molecule has 0 spiro atoms. The molecule has 0 fully saturated rings. The van der Waals surface area contributed by atoms with Crippen molar-refractivity contribution in [3.8, 4) is 0 Å². The van der Waals surface area contributed by atoms with Crippen molar-refractivity contribution in [1.29, 1.82) is 0 Å². The minimum Gasteiger partial charge on any atom is -0.0645 e. The van der Waals surface area contributed by atoms with Crippen molar-refractivity contribution in [2.24, 2.45) is 0 Å². The lowest BCUT2D eigenvalue weighted by molar-refractivity contribution is 0.776. The van der Waals surface area contributed by atoms with E-state index in [9.17, 15) is 0 Å². The third-order valence-electron chi connectivity index (χ3n) is 3.37. The molecule has 0 heterocycles. The van der Waals surface area contributed by atoms with E-state index >= 15 is 0 Å². The highest BCUT2D eigenvalue weighted by molar-refractivity contribution is 5.35. The standard InChI is InChI=1S/C17H20/c1-4-17(15-9-5-13(2)6-10-15)16-11-7-14(3)8-12-16/h5-12,17H,4H2,1-3H3. The molecule has 0 unspecified atom stereocenters. The molecule has 0 aliphatic carbocycles. The fraction of sp³-hybridized carbons (Fsp3) is 0.294. The highest BCUT2D eigenvalue weighted by Gasteiger charge is 2.11. The molecule has 2 aromatic carbocycles. The number of hydrogen-bond donors (Lipinski definition) is 0. The summed E-state index contributed by atoms with van der Waals surface area (Å²) in [4.78, 5) is 0. The molecule has 0 aromatic heterocycles. The first kappa shape index (κ1) is 11.9. The van der Waals surface area contributed by atoms with Gasteiger partial charge in [-0.25, -0.2) is 0 Å². The molecule has 17 heavy (non-hydrogen) atoms. The highest BCUT2D eigenvalue weighted by Crippen LogP contribution is 2.28. The van der Waals surface area contributed by atoms with Crippen LogP contribution in [-0.2, 0) is 0 Å². The van der Waals surface area contributed by atoms with Gasteiger partial charge in [-0.2, -0.15) is 0 Å². The fourth-order valence-corrected chi connectivity index (χ4v) is 2.26. The van der Waals surface area contributed by atoms with Crippen molar-refractivity contribution in [2.45, 2.75) is 33.1 Å². The Bertz CT molecular complexity index is 417. The number of aryl methyl sites for hydroxylation is 2. The van der Waals surface area contributed by atoms with Crippen molar-refractivity contribution >= 4 is 0 Å².